The van der Waals surface area contributed by atoms with E-state index in [1.165, 1.54) is 15.6 Å². The van der Waals surface area contributed by atoms with E-state index in [0.29, 0.717) is 51.7 Å². The molecular weight excluding hydrogens is 453 g/mol. The average molecular weight is 470 g/mol. The molecule has 3 heterocycles. The van der Waals surface area contributed by atoms with Crippen LogP contribution in [-0.4, -0.2) is 43.9 Å². The highest BCUT2D eigenvalue weighted by Gasteiger charge is 2.36. The maximum absolute atomic E-state index is 13.4. The molecule has 5 rings (SSSR count). The van der Waals surface area contributed by atoms with Crippen LogP contribution in [0.2, 0.25) is 10.0 Å². The zero-order valence-corrected chi connectivity index (χ0v) is 18.2. The Bertz CT molecular complexity index is 1420. The van der Waals surface area contributed by atoms with E-state index in [1.54, 1.807) is 42.5 Å². The summed E-state index contributed by atoms with van der Waals surface area (Å²) in [6.07, 6.45) is 2.62. The normalized spacial score (nSPS) is 16.1. The molecule has 1 unspecified atom stereocenters. The number of amides is 2. The Hall–Kier alpha value is -3.36. The Balaban J connectivity index is 1.46. The number of hydrogen-bond donors (Lipinski definition) is 2. The second-order valence-electron chi connectivity index (χ2n) is 7.59. The number of H-pyrrole nitrogens is 1. The molecule has 4 aromatic rings. The Morgan fingerprint density at radius 3 is 2.66 bits per heavy atom. The Kier molecular flexibility index (Phi) is 5.11. The molecule has 1 aliphatic heterocycles. The van der Waals surface area contributed by atoms with Crippen LogP contribution in [0.5, 0.6) is 0 Å². The predicted octanol–water partition coefficient (Wildman–Crippen LogP) is 3.73. The van der Waals surface area contributed by atoms with Crippen molar-refractivity contribution in [3.8, 4) is 0 Å². The number of aromatic amines is 1. The van der Waals surface area contributed by atoms with Gasteiger partial charge in [-0.15, -0.1) is 0 Å². The van der Waals surface area contributed by atoms with Crippen molar-refractivity contribution in [1.82, 2.24) is 19.5 Å². The van der Waals surface area contributed by atoms with Crippen molar-refractivity contribution in [2.24, 2.45) is 0 Å². The summed E-state index contributed by atoms with van der Waals surface area (Å²) in [6, 6.07) is 11.1. The van der Waals surface area contributed by atoms with Gasteiger partial charge in [0.15, 0.2) is 0 Å². The van der Waals surface area contributed by atoms with Crippen LogP contribution < -0.4 is 10.9 Å². The third-order valence-corrected chi connectivity index (χ3v) is 5.99. The minimum absolute atomic E-state index is 0.235. The molecular formula is C22H17Cl2N5O3. The number of nitrogens with zero attached hydrogens (tertiary/aromatic N) is 3. The highest BCUT2D eigenvalue weighted by Crippen LogP contribution is 2.26. The summed E-state index contributed by atoms with van der Waals surface area (Å²) in [5.41, 5.74) is 1.28. The monoisotopic (exact) mass is 469 g/mol. The highest BCUT2D eigenvalue weighted by atomic mass is 35.5. The Labute approximate surface area is 191 Å². The lowest BCUT2D eigenvalue weighted by Crippen LogP contribution is -2.43. The van der Waals surface area contributed by atoms with Gasteiger partial charge in [-0.25, -0.2) is 4.52 Å². The van der Waals surface area contributed by atoms with Gasteiger partial charge in [-0.2, -0.15) is 5.10 Å². The fourth-order valence-corrected chi connectivity index (χ4v) is 4.65. The molecule has 1 aliphatic rings. The van der Waals surface area contributed by atoms with Crippen molar-refractivity contribution >= 4 is 57.3 Å². The van der Waals surface area contributed by atoms with Crippen molar-refractivity contribution in [3.05, 3.63) is 74.6 Å². The van der Waals surface area contributed by atoms with Gasteiger partial charge in [0.05, 0.1) is 17.1 Å². The van der Waals surface area contributed by atoms with Gasteiger partial charge >= 0.3 is 0 Å². The highest BCUT2D eigenvalue weighted by molar-refractivity contribution is 6.35. The summed E-state index contributed by atoms with van der Waals surface area (Å²) < 4.78 is 1.53. The van der Waals surface area contributed by atoms with Gasteiger partial charge in [0.25, 0.3) is 11.5 Å². The molecule has 162 valence electrons. The SMILES string of the molecule is O=C(Nc1cc(Cl)cc(Cl)c1)C1CCCN1C(=O)c1cnn2c1[nH]c(=O)c1ccccc12. The zero-order chi connectivity index (χ0) is 22.4. The van der Waals surface area contributed by atoms with E-state index < -0.39 is 6.04 Å². The van der Waals surface area contributed by atoms with Crippen LogP contribution in [0.4, 0.5) is 5.69 Å². The molecule has 0 bridgehead atoms. The summed E-state index contributed by atoms with van der Waals surface area (Å²) in [5, 5.41) is 8.36. The molecule has 2 amide bonds. The summed E-state index contributed by atoms with van der Waals surface area (Å²) in [5.74, 6) is -0.697. The summed E-state index contributed by atoms with van der Waals surface area (Å²) in [4.78, 5) is 43.1. The third-order valence-electron chi connectivity index (χ3n) is 5.55. The van der Waals surface area contributed by atoms with E-state index in [1.807, 2.05) is 0 Å². The number of hydrogen-bond acceptors (Lipinski definition) is 4. The number of benzene rings is 2. The molecule has 0 saturated carbocycles. The molecule has 8 nitrogen and oxygen atoms in total. The number of anilines is 1. The van der Waals surface area contributed by atoms with Crippen LogP contribution in [0.25, 0.3) is 16.6 Å². The lowest BCUT2D eigenvalue weighted by atomic mass is 10.1. The van der Waals surface area contributed by atoms with Crippen molar-refractivity contribution in [2.45, 2.75) is 18.9 Å². The first kappa shape index (κ1) is 20.5. The van der Waals surface area contributed by atoms with Gasteiger partial charge < -0.3 is 15.2 Å². The third kappa shape index (κ3) is 3.51. The van der Waals surface area contributed by atoms with Crippen LogP contribution in [0.15, 0.2) is 53.5 Å². The lowest BCUT2D eigenvalue weighted by Gasteiger charge is -2.23. The van der Waals surface area contributed by atoms with Crippen LogP contribution in [0.1, 0.15) is 23.2 Å². The fourth-order valence-electron chi connectivity index (χ4n) is 4.12. The van der Waals surface area contributed by atoms with E-state index in [9.17, 15) is 14.4 Å². The van der Waals surface area contributed by atoms with Gasteiger partial charge in [-0.1, -0.05) is 35.3 Å². The molecule has 10 heteroatoms. The number of para-hydroxylation sites is 1. The second kappa shape index (κ2) is 7.96. The number of carbonyl (C=O) groups excluding carboxylic acids is 2. The van der Waals surface area contributed by atoms with E-state index in [2.05, 4.69) is 15.4 Å². The molecule has 0 radical (unpaired) electrons. The molecule has 32 heavy (non-hydrogen) atoms. The number of rotatable bonds is 3. The first-order valence-corrected chi connectivity index (χ1v) is 10.7. The van der Waals surface area contributed by atoms with Crippen molar-refractivity contribution in [1.29, 1.82) is 0 Å². The smallest absolute Gasteiger partial charge is 0.259 e. The minimum atomic E-state index is -0.664. The van der Waals surface area contributed by atoms with E-state index in [-0.39, 0.29) is 22.9 Å². The lowest BCUT2D eigenvalue weighted by molar-refractivity contribution is -0.119. The van der Waals surface area contributed by atoms with Gasteiger partial charge in [-0.05, 0) is 43.2 Å². The van der Waals surface area contributed by atoms with Crippen molar-refractivity contribution in [2.75, 3.05) is 11.9 Å². The summed E-state index contributed by atoms with van der Waals surface area (Å²) in [6.45, 7) is 0.419. The number of aromatic nitrogens is 3. The predicted molar refractivity (Wildman–Crippen MR) is 122 cm³/mol. The van der Waals surface area contributed by atoms with E-state index in [0.717, 1.165) is 0 Å². The Morgan fingerprint density at radius 1 is 1.12 bits per heavy atom. The average Bonchev–Trinajstić information content (AvgIpc) is 3.40. The first-order chi connectivity index (χ1) is 15.4. The van der Waals surface area contributed by atoms with E-state index in [4.69, 9.17) is 23.2 Å². The largest absolute Gasteiger partial charge is 0.326 e. The number of halogens is 2. The van der Waals surface area contributed by atoms with Crippen LogP contribution >= 0.6 is 23.2 Å². The van der Waals surface area contributed by atoms with Crippen LogP contribution in [-0.2, 0) is 4.79 Å². The number of fused-ring (bicyclic) bond motifs is 3. The standard InChI is InChI=1S/C22H17Cl2N5O3/c23-12-8-13(24)10-14(9-12)26-21(31)18-6-3-7-28(18)22(32)16-11-25-29-17-5-2-1-4-15(17)20(30)27-19(16)29/h1-2,4-5,8-11,18H,3,6-7H2,(H,26,31)(H,27,30). The summed E-state index contributed by atoms with van der Waals surface area (Å²) >= 11 is 12.0. The maximum atomic E-state index is 13.4. The van der Waals surface area contributed by atoms with Gasteiger partial charge in [0.1, 0.15) is 17.3 Å². The van der Waals surface area contributed by atoms with E-state index >= 15 is 0 Å². The molecule has 2 aromatic heterocycles. The minimum Gasteiger partial charge on any atom is -0.326 e. The molecule has 2 aromatic carbocycles. The fraction of sp³-hybridized carbons (Fsp3) is 0.182. The maximum Gasteiger partial charge on any atom is 0.259 e. The van der Waals surface area contributed by atoms with Crippen molar-refractivity contribution in [3.63, 3.8) is 0 Å². The molecule has 1 fully saturated rings. The number of nitrogens with one attached hydrogen (secondary N) is 2. The first-order valence-electron chi connectivity index (χ1n) is 9.99. The molecule has 0 spiro atoms. The Morgan fingerprint density at radius 2 is 1.88 bits per heavy atom. The topological polar surface area (TPSA) is 99.6 Å². The number of carbonyl (C=O) groups is 2. The quantitative estimate of drug-likeness (QED) is 0.477. The van der Waals surface area contributed by atoms with Gasteiger partial charge in [0, 0.05) is 22.3 Å². The second-order valence-corrected chi connectivity index (χ2v) is 8.47. The van der Waals surface area contributed by atoms with Crippen LogP contribution in [0.3, 0.4) is 0 Å². The zero-order valence-electron chi connectivity index (χ0n) is 16.6. The molecule has 1 saturated heterocycles. The summed E-state index contributed by atoms with van der Waals surface area (Å²) in [7, 11) is 0. The molecule has 1 atom stereocenters. The van der Waals surface area contributed by atoms with Gasteiger partial charge in [0.2, 0.25) is 5.91 Å². The molecule has 0 aliphatic carbocycles. The van der Waals surface area contributed by atoms with Crippen molar-refractivity contribution < 1.29 is 9.59 Å². The van der Waals surface area contributed by atoms with Crippen LogP contribution in [0, 0.1) is 0 Å². The molecule has 2 N–H and O–H groups in total. The van der Waals surface area contributed by atoms with Gasteiger partial charge in [-0.3, -0.25) is 14.4 Å². The number of likely N-dealkylation sites (tertiary alicyclic amines) is 1.